The molecule has 1 aromatic rings. The molecule has 3 N–H and O–H groups in total. The number of carboxylic acids is 1. The zero-order valence-electron chi connectivity index (χ0n) is 10.3. The number of carbonyl (C=O) groups is 2. The predicted octanol–water partition coefficient (Wildman–Crippen LogP) is 1.98. The molecule has 0 radical (unpaired) electrons. The van der Waals surface area contributed by atoms with E-state index >= 15 is 0 Å². The summed E-state index contributed by atoms with van der Waals surface area (Å²) in [6.45, 7) is 1.59. The highest BCUT2D eigenvalue weighted by Crippen LogP contribution is 2.21. The first-order chi connectivity index (χ1) is 9.06. The second kappa shape index (κ2) is 6.04. The zero-order chi connectivity index (χ0) is 13.8. The summed E-state index contributed by atoms with van der Waals surface area (Å²) >= 11 is 5.84. The monoisotopic (exact) mass is 282 g/mol. The molecule has 1 heterocycles. The van der Waals surface area contributed by atoms with Crippen LogP contribution < -0.4 is 10.6 Å². The Morgan fingerprint density at radius 3 is 2.79 bits per heavy atom. The van der Waals surface area contributed by atoms with Gasteiger partial charge in [-0.05, 0) is 37.6 Å². The third kappa shape index (κ3) is 3.68. The molecule has 102 valence electrons. The number of hydrogen-bond donors (Lipinski definition) is 3. The molecule has 1 saturated heterocycles. The fraction of sp³-hybridized carbons (Fsp3) is 0.385. The van der Waals surface area contributed by atoms with E-state index in [1.54, 1.807) is 6.07 Å². The van der Waals surface area contributed by atoms with Crippen molar-refractivity contribution >= 4 is 29.2 Å². The van der Waals surface area contributed by atoms with E-state index in [4.69, 9.17) is 16.7 Å². The molecule has 0 aliphatic carbocycles. The predicted molar refractivity (Wildman–Crippen MR) is 72.6 cm³/mol. The van der Waals surface area contributed by atoms with Gasteiger partial charge in [-0.25, -0.2) is 4.79 Å². The first-order valence-electron chi connectivity index (χ1n) is 6.12. The molecule has 0 bridgehead atoms. The number of halogens is 1. The molecule has 5 nitrogen and oxygen atoms in total. The molecule has 1 aromatic carbocycles. The summed E-state index contributed by atoms with van der Waals surface area (Å²) < 4.78 is 0. The van der Waals surface area contributed by atoms with Crippen molar-refractivity contribution in [2.45, 2.75) is 12.8 Å². The fourth-order valence-corrected chi connectivity index (χ4v) is 2.34. The average molecular weight is 283 g/mol. The molecular formula is C13H15ClN2O3. The molecule has 1 atom stereocenters. The van der Waals surface area contributed by atoms with Gasteiger partial charge in [-0.1, -0.05) is 11.6 Å². The van der Waals surface area contributed by atoms with Crippen LogP contribution in [0.1, 0.15) is 23.2 Å². The van der Waals surface area contributed by atoms with Crippen LogP contribution in [0.5, 0.6) is 0 Å². The van der Waals surface area contributed by atoms with Gasteiger partial charge < -0.3 is 15.7 Å². The van der Waals surface area contributed by atoms with Crippen LogP contribution in [0.3, 0.4) is 0 Å². The lowest BCUT2D eigenvalue weighted by Gasteiger charge is -2.22. The minimum Gasteiger partial charge on any atom is -0.478 e. The van der Waals surface area contributed by atoms with Crippen LogP contribution in [0.2, 0.25) is 5.02 Å². The van der Waals surface area contributed by atoms with Crippen molar-refractivity contribution in [2.75, 3.05) is 18.4 Å². The largest absolute Gasteiger partial charge is 0.478 e. The van der Waals surface area contributed by atoms with E-state index in [0.29, 0.717) is 12.2 Å². The number of hydrogen-bond acceptors (Lipinski definition) is 3. The Kier molecular flexibility index (Phi) is 4.39. The topological polar surface area (TPSA) is 78.4 Å². The van der Waals surface area contributed by atoms with Crippen LogP contribution in [0.15, 0.2) is 18.2 Å². The molecule has 0 spiro atoms. The number of amides is 1. The van der Waals surface area contributed by atoms with E-state index in [9.17, 15) is 9.59 Å². The van der Waals surface area contributed by atoms with E-state index in [0.717, 1.165) is 19.4 Å². The number of benzene rings is 1. The maximum Gasteiger partial charge on any atom is 0.335 e. The fourth-order valence-electron chi connectivity index (χ4n) is 2.11. The number of carbonyl (C=O) groups excluding carboxylic acids is 1. The Morgan fingerprint density at radius 2 is 2.16 bits per heavy atom. The van der Waals surface area contributed by atoms with E-state index in [1.807, 2.05) is 0 Å². The molecule has 1 amide bonds. The van der Waals surface area contributed by atoms with Crippen molar-refractivity contribution in [3.8, 4) is 0 Å². The average Bonchev–Trinajstić information content (AvgIpc) is 2.39. The van der Waals surface area contributed by atoms with Gasteiger partial charge in [-0.15, -0.1) is 0 Å². The Labute approximate surface area is 116 Å². The number of piperidine rings is 1. The first kappa shape index (κ1) is 13.8. The molecule has 0 unspecified atom stereocenters. The zero-order valence-corrected chi connectivity index (χ0v) is 11.0. The summed E-state index contributed by atoms with van der Waals surface area (Å²) in [6, 6.07) is 4.30. The first-order valence-corrected chi connectivity index (χ1v) is 6.49. The van der Waals surface area contributed by atoms with Gasteiger partial charge in [0.1, 0.15) is 0 Å². The second-order valence-corrected chi connectivity index (χ2v) is 5.00. The Bertz CT molecular complexity index is 499. The Balaban J connectivity index is 2.09. The minimum atomic E-state index is -1.07. The van der Waals surface area contributed by atoms with Crippen LogP contribution in [0.25, 0.3) is 0 Å². The van der Waals surface area contributed by atoms with Gasteiger partial charge in [0.15, 0.2) is 0 Å². The van der Waals surface area contributed by atoms with Gasteiger partial charge in [0.05, 0.1) is 11.5 Å². The highest BCUT2D eigenvalue weighted by Gasteiger charge is 2.21. The molecule has 2 rings (SSSR count). The molecule has 0 saturated carbocycles. The lowest BCUT2D eigenvalue weighted by Crippen LogP contribution is -2.37. The van der Waals surface area contributed by atoms with Crippen molar-refractivity contribution in [3.05, 3.63) is 28.8 Å². The number of carboxylic acid groups (broad SMARTS) is 1. The summed E-state index contributed by atoms with van der Waals surface area (Å²) in [6.07, 6.45) is 1.80. The lowest BCUT2D eigenvalue weighted by molar-refractivity contribution is -0.120. The SMILES string of the molecule is O=C(O)c1cc(Cl)cc(NC(=O)[C@H]2CCCNC2)c1. The molecule has 0 aromatic heterocycles. The third-order valence-corrected chi connectivity index (χ3v) is 3.30. The summed E-state index contributed by atoms with van der Waals surface area (Å²) in [5, 5.41) is 15.1. The summed E-state index contributed by atoms with van der Waals surface area (Å²) in [5.41, 5.74) is 0.477. The van der Waals surface area contributed by atoms with Gasteiger partial charge in [-0.2, -0.15) is 0 Å². The highest BCUT2D eigenvalue weighted by molar-refractivity contribution is 6.31. The number of nitrogens with one attached hydrogen (secondary N) is 2. The lowest BCUT2D eigenvalue weighted by atomic mass is 9.99. The van der Waals surface area contributed by atoms with Crippen molar-refractivity contribution in [2.24, 2.45) is 5.92 Å². The van der Waals surface area contributed by atoms with Crippen LogP contribution in [0, 0.1) is 5.92 Å². The van der Waals surface area contributed by atoms with E-state index < -0.39 is 5.97 Å². The molecular weight excluding hydrogens is 268 g/mol. The number of rotatable bonds is 3. The number of anilines is 1. The van der Waals surface area contributed by atoms with Crippen molar-refractivity contribution in [1.29, 1.82) is 0 Å². The molecule has 1 aliphatic heterocycles. The van der Waals surface area contributed by atoms with Crippen LogP contribution >= 0.6 is 11.6 Å². The van der Waals surface area contributed by atoms with Gasteiger partial charge >= 0.3 is 5.97 Å². The quantitative estimate of drug-likeness (QED) is 0.792. The maximum absolute atomic E-state index is 12.0. The van der Waals surface area contributed by atoms with E-state index in [1.165, 1.54) is 12.1 Å². The van der Waals surface area contributed by atoms with Crippen molar-refractivity contribution < 1.29 is 14.7 Å². The van der Waals surface area contributed by atoms with Gasteiger partial charge in [0.2, 0.25) is 5.91 Å². The molecule has 19 heavy (non-hydrogen) atoms. The van der Waals surface area contributed by atoms with Gasteiger partial charge in [0.25, 0.3) is 0 Å². The van der Waals surface area contributed by atoms with Gasteiger partial charge in [-0.3, -0.25) is 4.79 Å². The smallest absolute Gasteiger partial charge is 0.335 e. The van der Waals surface area contributed by atoms with Crippen molar-refractivity contribution in [3.63, 3.8) is 0 Å². The third-order valence-electron chi connectivity index (χ3n) is 3.08. The Hall–Kier alpha value is -1.59. The van der Waals surface area contributed by atoms with E-state index in [-0.39, 0.29) is 22.4 Å². The molecule has 6 heteroatoms. The summed E-state index contributed by atoms with van der Waals surface area (Å²) in [7, 11) is 0. The second-order valence-electron chi connectivity index (χ2n) is 4.57. The van der Waals surface area contributed by atoms with Gasteiger partial charge in [0, 0.05) is 17.3 Å². The standard InChI is InChI=1S/C13H15ClN2O3/c14-10-4-9(13(18)19)5-11(6-10)16-12(17)8-2-1-3-15-7-8/h4-6,8,15H,1-3,7H2,(H,16,17)(H,18,19)/t8-/m0/s1. The van der Waals surface area contributed by atoms with Crippen molar-refractivity contribution in [1.82, 2.24) is 5.32 Å². The highest BCUT2D eigenvalue weighted by atomic mass is 35.5. The summed E-state index contributed by atoms with van der Waals surface area (Å²) in [4.78, 5) is 22.9. The number of aromatic carboxylic acids is 1. The normalized spacial score (nSPS) is 18.9. The molecule has 1 fully saturated rings. The van der Waals surface area contributed by atoms with Crippen LogP contribution in [-0.4, -0.2) is 30.1 Å². The van der Waals surface area contributed by atoms with Crippen LogP contribution in [0.4, 0.5) is 5.69 Å². The minimum absolute atomic E-state index is 0.0598. The molecule has 1 aliphatic rings. The van der Waals surface area contributed by atoms with E-state index in [2.05, 4.69) is 10.6 Å². The van der Waals surface area contributed by atoms with Crippen LogP contribution in [-0.2, 0) is 4.79 Å². The Morgan fingerprint density at radius 1 is 1.37 bits per heavy atom. The maximum atomic E-state index is 12.0. The summed E-state index contributed by atoms with van der Waals surface area (Å²) in [5.74, 6) is -1.26.